The van der Waals surface area contributed by atoms with Gasteiger partial charge in [0.05, 0.1) is 0 Å². The topological polar surface area (TPSA) is 33.5 Å². The summed E-state index contributed by atoms with van der Waals surface area (Å²) in [5.41, 5.74) is 18.8. The second-order valence-corrected chi connectivity index (χ2v) is 26.3. The van der Waals surface area contributed by atoms with Crippen molar-refractivity contribution in [3.63, 3.8) is 0 Å². The van der Waals surface area contributed by atoms with Gasteiger partial charge in [0.25, 0.3) is 0 Å². The molecule has 0 saturated heterocycles. The van der Waals surface area contributed by atoms with Crippen molar-refractivity contribution >= 4 is 76.1 Å². The number of anilines is 4. The molecule has 3 aromatic heterocycles. The van der Waals surface area contributed by atoms with Gasteiger partial charge in [-0.25, -0.2) is 4.98 Å². The first-order valence-corrected chi connectivity index (χ1v) is 29.5. The molecular formula is C74H73N4OPtS-3. The molecule has 0 spiro atoms. The number of aromatic nitrogens is 2. The molecule has 11 aromatic rings. The smallest absolute Gasteiger partial charge is 0.135 e. The summed E-state index contributed by atoms with van der Waals surface area (Å²) in [5, 5.41) is 4.84. The molecule has 414 valence electrons. The minimum Gasteiger partial charge on any atom is -0.509 e. The Morgan fingerprint density at radius 2 is 1.07 bits per heavy atom. The van der Waals surface area contributed by atoms with Gasteiger partial charge >= 0.3 is 0 Å². The van der Waals surface area contributed by atoms with Crippen molar-refractivity contribution in [3.8, 4) is 39.6 Å². The zero-order valence-corrected chi connectivity index (χ0v) is 52.4. The van der Waals surface area contributed by atoms with Crippen molar-refractivity contribution in [1.82, 2.24) is 9.55 Å². The molecule has 0 unspecified atom stereocenters. The fourth-order valence-electron chi connectivity index (χ4n) is 12.2. The Balaban J connectivity index is 0.00000690. The maximum Gasteiger partial charge on any atom is 0.135 e. The van der Waals surface area contributed by atoms with Crippen LogP contribution in [-0.4, -0.2) is 9.55 Å². The molecule has 1 aliphatic heterocycles. The van der Waals surface area contributed by atoms with E-state index in [1.165, 1.54) is 81.3 Å². The molecule has 4 heterocycles. The molecule has 0 fully saturated rings. The summed E-state index contributed by atoms with van der Waals surface area (Å²) in [6.45, 7) is 34.5. The van der Waals surface area contributed by atoms with Crippen LogP contribution >= 0.6 is 11.3 Å². The summed E-state index contributed by atoms with van der Waals surface area (Å²) in [7, 11) is 0. The molecule has 81 heavy (non-hydrogen) atoms. The van der Waals surface area contributed by atoms with Crippen LogP contribution in [0.1, 0.15) is 154 Å². The standard InChI is InChI=1S/C74H73N4OS.Pt/c1-44(2)53-23-19-24-54(45(3)4)68(53)60-27-21-28-61(69-55(46(5)6)25-20-26-56(69)47(7)8)71(60)77-43-76(62-29-16-17-30-63(62)77)50-38-49(74(12,13)14)39-52(41-50)79-51-32-33-59-65(42-51)78(67-40-48(36-37-75-67)73(9,10)11)64-35-34-58-57-22-15-18-31-66(57)80-72(58)70(59)64;/h15-40,43-47H,1-14H3;/q-3;. The van der Waals surface area contributed by atoms with Crippen molar-refractivity contribution in [3.05, 3.63) is 210 Å². The molecule has 8 aromatic carbocycles. The predicted molar refractivity (Wildman–Crippen MR) is 342 cm³/mol. The number of pyridine rings is 1. The number of ether oxygens (including phenoxy) is 1. The van der Waals surface area contributed by atoms with E-state index in [1.54, 1.807) is 0 Å². The van der Waals surface area contributed by atoms with Crippen LogP contribution in [0.3, 0.4) is 0 Å². The van der Waals surface area contributed by atoms with E-state index in [1.807, 2.05) is 17.5 Å². The second-order valence-electron chi connectivity index (χ2n) is 25.3. The first-order valence-electron chi connectivity index (χ1n) is 28.7. The van der Waals surface area contributed by atoms with E-state index >= 15 is 0 Å². The molecular weight excluding hydrogens is 1190 g/mol. The van der Waals surface area contributed by atoms with Gasteiger partial charge in [-0.2, -0.15) is 6.07 Å². The van der Waals surface area contributed by atoms with E-state index in [-0.39, 0.29) is 31.9 Å². The van der Waals surface area contributed by atoms with Gasteiger partial charge < -0.3 is 19.1 Å². The van der Waals surface area contributed by atoms with Gasteiger partial charge in [-0.3, -0.25) is 0 Å². The van der Waals surface area contributed by atoms with E-state index in [9.17, 15) is 0 Å². The third-order valence-corrected chi connectivity index (χ3v) is 17.6. The molecule has 0 radical (unpaired) electrons. The monoisotopic (exact) mass is 1260 g/mol. The minimum atomic E-state index is -0.221. The van der Waals surface area contributed by atoms with Crippen molar-refractivity contribution in [1.29, 1.82) is 0 Å². The van der Waals surface area contributed by atoms with E-state index in [0.29, 0.717) is 35.2 Å². The minimum absolute atomic E-state index is 0. The van der Waals surface area contributed by atoms with Crippen molar-refractivity contribution < 1.29 is 25.8 Å². The van der Waals surface area contributed by atoms with Crippen molar-refractivity contribution in [2.75, 3.05) is 9.80 Å². The van der Waals surface area contributed by atoms with Crippen LogP contribution in [0, 0.1) is 18.8 Å². The van der Waals surface area contributed by atoms with Crippen LogP contribution in [0.4, 0.5) is 22.7 Å². The van der Waals surface area contributed by atoms with E-state index < -0.39 is 0 Å². The average molecular weight is 1260 g/mol. The summed E-state index contributed by atoms with van der Waals surface area (Å²) in [6, 6.07) is 63.8. The van der Waals surface area contributed by atoms with Gasteiger partial charge in [0, 0.05) is 92.6 Å². The number of benzene rings is 8. The Morgan fingerprint density at radius 3 is 1.67 bits per heavy atom. The Kier molecular flexibility index (Phi) is 14.8. The van der Waals surface area contributed by atoms with Crippen LogP contribution in [0.15, 0.2) is 158 Å². The van der Waals surface area contributed by atoms with Crippen LogP contribution in [0.5, 0.6) is 11.5 Å². The summed E-state index contributed by atoms with van der Waals surface area (Å²) < 4.78 is 11.9. The first kappa shape index (κ1) is 55.9. The summed E-state index contributed by atoms with van der Waals surface area (Å²) >= 11 is 1.85. The normalized spacial score (nSPS) is 13.1. The molecule has 0 amide bonds. The SMILES string of the molecule is CC(C)c1cccc(C(C)C)c1-c1cccc(-c2c(C(C)C)cccc2C(C)C)c1N1[CH-]N(c2[c-]c(Oc3[c-]c4c(cc3)c3c5sc6ccccc6c5ccc3n4-c3cc(C(C)(C)C)ccn3)cc(C(C)(C)C)c2)c2ccccc21.[Pt]. The van der Waals surface area contributed by atoms with E-state index in [4.69, 9.17) is 9.72 Å². The van der Waals surface area contributed by atoms with Crippen molar-refractivity contribution in [2.45, 2.75) is 131 Å². The number of fused-ring (bicyclic) bond motifs is 8. The van der Waals surface area contributed by atoms with E-state index in [2.05, 4.69) is 282 Å². The van der Waals surface area contributed by atoms with Crippen LogP contribution in [0.25, 0.3) is 70.0 Å². The third-order valence-electron chi connectivity index (χ3n) is 16.4. The van der Waals surface area contributed by atoms with Gasteiger partial charge in [-0.1, -0.05) is 193 Å². The number of hydrogen-bond acceptors (Lipinski definition) is 5. The average Bonchev–Trinajstić information content (AvgIpc) is 4.34. The molecule has 0 bridgehead atoms. The summed E-state index contributed by atoms with van der Waals surface area (Å²) in [4.78, 5) is 9.84. The van der Waals surface area contributed by atoms with Gasteiger partial charge in [0.2, 0.25) is 0 Å². The largest absolute Gasteiger partial charge is 0.509 e. The second kappa shape index (κ2) is 21.4. The molecule has 0 saturated carbocycles. The number of thiophene rings is 1. The maximum absolute atomic E-state index is 7.12. The van der Waals surface area contributed by atoms with E-state index in [0.717, 1.165) is 44.9 Å². The Bertz CT molecular complexity index is 4070. The number of para-hydroxylation sites is 3. The zero-order valence-electron chi connectivity index (χ0n) is 49.3. The van der Waals surface area contributed by atoms with Gasteiger partial charge in [0.15, 0.2) is 0 Å². The Morgan fingerprint density at radius 1 is 0.519 bits per heavy atom. The predicted octanol–water partition coefficient (Wildman–Crippen LogP) is 21.8. The number of rotatable bonds is 11. The van der Waals surface area contributed by atoms with Gasteiger partial charge in [-0.15, -0.1) is 65.0 Å². The molecule has 7 heteroatoms. The zero-order chi connectivity index (χ0) is 56.1. The first-order chi connectivity index (χ1) is 38.3. The third kappa shape index (κ3) is 9.88. The molecule has 5 nitrogen and oxygen atoms in total. The Labute approximate surface area is 498 Å². The molecule has 0 atom stereocenters. The molecule has 12 rings (SSSR count). The van der Waals surface area contributed by atoms with Crippen LogP contribution in [0.2, 0.25) is 0 Å². The summed E-state index contributed by atoms with van der Waals surface area (Å²) in [6.07, 6.45) is 1.94. The Hall–Kier alpha value is -6.98. The molecule has 0 aliphatic carbocycles. The maximum atomic E-state index is 7.12. The van der Waals surface area contributed by atoms with Gasteiger partial charge in [0.1, 0.15) is 5.82 Å². The van der Waals surface area contributed by atoms with Crippen molar-refractivity contribution in [2.24, 2.45) is 0 Å². The fourth-order valence-corrected chi connectivity index (χ4v) is 13.4. The van der Waals surface area contributed by atoms with Crippen LogP contribution in [-0.2, 0) is 31.9 Å². The number of nitrogens with zero attached hydrogens (tertiary/aromatic N) is 4. The summed E-state index contributed by atoms with van der Waals surface area (Å²) in [5.74, 6) is 3.32. The molecule has 0 N–H and O–H groups in total. The number of hydrogen-bond donors (Lipinski definition) is 0. The van der Waals surface area contributed by atoms with Gasteiger partial charge in [-0.05, 0) is 115 Å². The fraction of sp³-hybridized carbons (Fsp3) is 0.270. The van der Waals surface area contributed by atoms with Crippen LogP contribution < -0.4 is 14.5 Å². The quantitative estimate of drug-likeness (QED) is 0.121. The molecule has 1 aliphatic rings.